The monoisotopic (exact) mass is 494 g/mol. The molecule has 0 radical (unpaired) electrons. The molecule has 0 aliphatic heterocycles. The summed E-state index contributed by atoms with van der Waals surface area (Å²) in [4.78, 5) is 37.1. The van der Waals surface area contributed by atoms with Crippen LogP contribution in [-0.2, 0) is 4.79 Å². The second kappa shape index (κ2) is 9.31. The lowest BCUT2D eigenvalue weighted by molar-refractivity contribution is -0.114. The van der Waals surface area contributed by atoms with Crippen LogP contribution >= 0.6 is 0 Å². The molecule has 184 valence electrons. The van der Waals surface area contributed by atoms with Crippen LogP contribution < -0.4 is 10.6 Å². The molecule has 2 N–H and O–H groups in total. The second-order valence-corrected chi connectivity index (χ2v) is 8.82. The molecule has 0 aliphatic carbocycles. The van der Waals surface area contributed by atoms with Gasteiger partial charge in [0.25, 0.3) is 5.91 Å². The molecule has 37 heavy (non-hydrogen) atoms. The molecule has 0 saturated heterocycles. The van der Waals surface area contributed by atoms with E-state index in [4.69, 9.17) is 0 Å². The number of carbonyl (C=O) groups is 3. The largest absolute Gasteiger partial charge is 0.322 e. The summed E-state index contributed by atoms with van der Waals surface area (Å²) >= 11 is 0. The van der Waals surface area contributed by atoms with Crippen LogP contribution in [0.1, 0.15) is 34.6 Å². The van der Waals surface area contributed by atoms with Crippen LogP contribution in [0.25, 0.3) is 32.8 Å². The minimum Gasteiger partial charge on any atom is -0.322 e. The maximum atomic E-state index is 13.9. The van der Waals surface area contributed by atoms with Gasteiger partial charge in [-0.15, -0.1) is 5.10 Å². The van der Waals surface area contributed by atoms with Crippen LogP contribution in [-0.4, -0.2) is 27.5 Å². The Labute approximate surface area is 211 Å². The van der Waals surface area contributed by atoms with Crippen molar-refractivity contribution in [2.24, 2.45) is 0 Å². The van der Waals surface area contributed by atoms with Gasteiger partial charge in [-0.3, -0.25) is 14.4 Å². The van der Waals surface area contributed by atoms with E-state index in [0.717, 1.165) is 21.9 Å². The van der Waals surface area contributed by atoms with Gasteiger partial charge in [-0.2, -0.15) is 4.68 Å². The minimum absolute atomic E-state index is 0.277. The van der Waals surface area contributed by atoms with Crippen LogP contribution in [0.15, 0.2) is 72.8 Å². The van der Waals surface area contributed by atoms with Gasteiger partial charge in [0.2, 0.25) is 11.8 Å². The number of fused-ring (bicyclic) bond motifs is 2. The number of benzene rings is 4. The van der Waals surface area contributed by atoms with E-state index in [2.05, 4.69) is 15.7 Å². The highest BCUT2D eigenvalue weighted by atomic mass is 19.1. The molecule has 0 unspecified atom stereocenters. The molecule has 0 fully saturated rings. The van der Waals surface area contributed by atoms with Crippen molar-refractivity contribution in [3.8, 4) is 11.1 Å². The predicted octanol–water partition coefficient (Wildman–Crippen LogP) is 6.17. The molecule has 1 aromatic heterocycles. The van der Waals surface area contributed by atoms with E-state index < -0.39 is 0 Å². The number of nitrogens with zero attached hydrogens (tertiary/aromatic N) is 2. The third kappa shape index (κ3) is 4.45. The number of hydrogen-bond acceptors (Lipinski definition) is 4. The number of nitrogens with one attached hydrogen (secondary N) is 2. The van der Waals surface area contributed by atoms with Crippen molar-refractivity contribution >= 4 is 50.9 Å². The molecule has 0 spiro atoms. The molecule has 0 bridgehead atoms. The van der Waals surface area contributed by atoms with Gasteiger partial charge in [-0.25, -0.2) is 4.39 Å². The molecule has 5 rings (SSSR count). The van der Waals surface area contributed by atoms with E-state index in [1.54, 1.807) is 37.3 Å². The van der Waals surface area contributed by atoms with Gasteiger partial charge in [0.05, 0.1) is 10.9 Å². The summed E-state index contributed by atoms with van der Waals surface area (Å²) in [5, 5.41) is 12.0. The van der Waals surface area contributed by atoms with Gasteiger partial charge in [-0.1, -0.05) is 42.5 Å². The molecule has 7 nitrogen and oxygen atoms in total. The fraction of sp³-hybridized carbons (Fsp3) is 0.103. The Hall–Kier alpha value is -4.85. The highest BCUT2D eigenvalue weighted by Gasteiger charge is 2.19. The summed E-state index contributed by atoms with van der Waals surface area (Å²) in [6, 6.07) is 21.1. The summed E-state index contributed by atoms with van der Waals surface area (Å²) in [6.45, 7) is 4.45. The Balaban J connectivity index is 1.59. The summed E-state index contributed by atoms with van der Waals surface area (Å²) < 4.78 is 15.2. The number of hydrogen-bond donors (Lipinski definition) is 2. The SMILES string of the molecule is CC(=O)Nc1nn(C(C)=O)c2cccc(-c3ccc4c(C(=O)Nc5ccc(C)c(F)c5)cccc4c3)c12. The van der Waals surface area contributed by atoms with Gasteiger partial charge >= 0.3 is 0 Å². The lowest BCUT2D eigenvalue weighted by Crippen LogP contribution is -2.12. The van der Waals surface area contributed by atoms with Gasteiger partial charge in [0.15, 0.2) is 5.82 Å². The highest BCUT2D eigenvalue weighted by molar-refractivity contribution is 6.14. The topological polar surface area (TPSA) is 93.1 Å². The molecule has 5 aromatic rings. The Morgan fingerprint density at radius 3 is 2.41 bits per heavy atom. The molecule has 4 aromatic carbocycles. The third-order valence-electron chi connectivity index (χ3n) is 6.17. The van der Waals surface area contributed by atoms with Crippen molar-refractivity contribution in [3.63, 3.8) is 0 Å². The third-order valence-corrected chi connectivity index (χ3v) is 6.17. The number of aryl methyl sites for hydroxylation is 1. The average Bonchev–Trinajstić information content (AvgIpc) is 3.24. The molecular formula is C29H23FN4O3. The maximum Gasteiger partial charge on any atom is 0.256 e. The summed E-state index contributed by atoms with van der Waals surface area (Å²) in [6.07, 6.45) is 0. The smallest absolute Gasteiger partial charge is 0.256 e. The summed E-state index contributed by atoms with van der Waals surface area (Å²) in [7, 11) is 0. The number of halogens is 1. The van der Waals surface area contributed by atoms with Gasteiger partial charge in [0, 0.05) is 25.1 Å². The lowest BCUT2D eigenvalue weighted by Gasteiger charge is -2.11. The van der Waals surface area contributed by atoms with Crippen molar-refractivity contribution in [2.75, 3.05) is 10.6 Å². The van der Waals surface area contributed by atoms with Gasteiger partial charge < -0.3 is 10.6 Å². The number of amides is 2. The number of anilines is 2. The van der Waals surface area contributed by atoms with Crippen LogP contribution in [0.5, 0.6) is 0 Å². The van der Waals surface area contributed by atoms with Gasteiger partial charge in [0.1, 0.15) is 5.82 Å². The molecule has 0 aliphatic rings. The van der Waals surface area contributed by atoms with E-state index >= 15 is 0 Å². The molecular weight excluding hydrogens is 471 g/mol. The van der Waals surface area contributed by atoms with E-state index in [-0.39, 0.29) is 23.5 Å². The van der Waals surface area contributed by atoms with E-state index in [1.165, 1.54) is 24.6 Å². The van der Waals surface area contributed by atoms with Crippen LogP contribution in [0.3, 0.4) is 0 Å². The maximum absolute atomic E-state index is 13.9. The quantitative estimate of drug-likeness (QED) is 0.312. The van der Waals surface area contributed by atoms with Crippen molar-refractivity contribution in [3.05, 3.63) is 89.7 Å². The average molecular weight is 495 g/mol. The van der Waals surface area contributed by atoms with E-state index in [1.807, 2.05) is 36.4 Å². The normalized spacial score (nSPS) is 11.0. The van der Waals surface area contributed by atoms with Gasteiger partial charge in [-0.05, 0) is 64.7 Å². The minimum atomic E-state index is -0.388. The zero-order valence-corrected chi connectivity index (χ0v) is 20.4. The van der Waals surface area contributed by atoms with Crippen molar-refractivity contribution < 1.29 is 18.8 Å². The first kappa shape index (κ1) is 23.9. The number of aromatic nitrogens is 2. The first-order valence-corrected chi connectivity index (χ1v) is 11.6. The molecule has 2 amide bonds. The summed E-state index contributed by atoms with van der Waals surface area (Å²) in [5.41, 5.74) is 3.51. The fourth-order valence-electron chi connectivity index (χ4n) is 4.42. The Morgan fingerprint density at radius 1 is 0.892 bits per heavy atom. The predicted molar refractivity (Wildman–Crippen MR) is 142 cm³/mol. The van der Waals surface area contributed by atoms with Crippen LogP contribution in [0.2, 0.25) is 0 Å². The van der Waals surface area contributed by atoms with Crippen LogP contribution in [0, 0.1) is 12.7 Å². The first-order valence-electron chi connectivity index (χ1n) is 11.6. The highest BCUT2D eigenvalue weighted by Crippen LogP contribution is 2.36. The standard InChI is InChI=1S/C29H23FN4O3/c1-16-10-12-21(15-25(16)30)32-29(37)24-8-4-6-19-14-20(11-13-22(19)24)23-7-5-9-26-27(23)28(31-17(2)35)33-34(26)18(3)36/h4-15H,1-3H3,(H,32,37)(H,31,33,35). The van der Waals surface area contributed by atoms with E-state index in [9.17, 15) is 18.8 Å². The Bertz CT molecular complexity index is 1740. The fourth-order valence-corrected chi connectivity index (χ4v) is 4.42. The Kier molecular flexibility index (Phi) is 6.01. The van der Waals surface area contributed by atoms with Crippen molar-refractivity contribution in [2.45, 2.75) is 20.8 Å². The lowest BCUT2D eigenvalue weighted by atomic mass is 9.96. The van der Waals surface area contributed by atoms with Crippen LogP contribution in [0.4, 0.5) is 15.9 Å². The van der Waals surface area contributed by atoms with Crippen molar-refractivity contribution in [1.82, 2.24) is 9.78 Å². The zero-order valence-electron chi connectivity index (χ0n) is 20.4. The molecule has 0 saturated carbocycles. The summed E-state index contributed by atoms with van der Waals surface area (Å²) in [5.74, 6) is -1.01. The number of carbonyl (C=O) groups excluding carboxylic acids is 3. The molecule has 8 heteroatoms. The van der Waals surface area contributed by atoms with E-state index in [0.29, 0.717) is 33.5 Å². The first-order chi connectivity index (χ1) is 17.7. The zero-order chi connectivity index (χ0) is 26.3. The Morgan fingerprint density at radius 2 is 1.68 bits per heavy atom. The second-order valence-electron chi connectivity index (χ2n) is 8.82. The molecule has 1 heterocycles. The van der Waals surface area contributed by atoms with Crippen molar-refractivity contribution in [1.29, 1.82) is 0 Å². The number of rotatable bonds is 4. The molecule has 0 atom stereocenters.